The van der Waals surface area contributed by atoms with Gasteiger partial charge in [0.1, 0.15) is 12.6 Å². The van der Waals surface area contributed by atoms with Gasteiger partial charge in [0.25, 0.3) is 0 Å². The van der Waals surface area contributed by atoms with Crippen molar-refractivity contribution in [3.05, 3.63) is 53.6 Å². The number of hydrogen-bond acceptors (Lipinski definition) is 5. The molecular formula is C17H21NO4S. The second-order valence-electron chi connectivity index (χ2n) is 5.60. The highest BCUT2D eigenvalue weighted by atomic mass is 32.2. The van der Waals surface area contributed by atoms with Crippen molar-refractivity contribution in [3.8, 4) is 0 Å². The van der Waals surface area contributed by atoms with Crippen LogP contribution in [0.3, 0.4) is 0 Å². The van der Waals surface area contributed by atoms with Crippen LogP contribution in [0, 0.1) is 0 Å². The third-order valence-corrected chi connectivity index (χ3v) is 4.65. The van der Waals surface area contributed by atoms with Crippen molar-refractivity contribution < 1.29 is 17.9 Å². The lowest BCUT2D eigenvalue weighted by atomic mass is 10.1. The number of rotatable bonds is 6. The Kier molecular flexibility index (Phi) is 5.74. The van der Waals surface area contributed by atoms with E-state index < -0.39 is 21.8 Å². The van der Waals surface area contributed by atoms with Gasteiger partial charge in [-0.25, -0.2) is 8.42 Å². The van der Waals surface area contributed by atoms with Crippen LogP contribution in [0.15, 0.2) is 53.0 Å². The molecule has 0 saturated carbocycles. The van der Waals surface area contributed by atoms with E-state index >= 15 is 0 Å². The second kappa shape index (κ2) is 7.57. The Morgan fingerprint density at radius 3 is 2.78 bits per heavy atom. The number of carbonyl (C=O) groups is 1. The van der Waals surface area contributed by atoms with E-state index in [4.69, 9.17) is 10.5 Å². The molecule has 6 heteroatoms. The summed E-state index contributed by atoms with van der Waals surface area (Å²) in [5, 5.41) is 0. The first kappa shape index (κ1) is 17.4. The van der Waals surface area contributed by atoms with Crippen LogP contribution >= 0.6 is 0 Å². The molecule has 0 aromatic heterocycles. The summed E-state index contributed by atoms with van der Waals surface area (Å²) in [5.74, 6) is -0.491. The van der Waals surface area contributed by atoms with E-state index in [1.165, 1.54) is 12.1 Å². The Morgan fingerprint density at radius 2 is 2.13 bits per heavy atom. The molecule has 1 unspecified atom stereocenters. The van der Waals surface area contributed by atoms with E-state index in [2.05, 4.69) is 0 Å². The first-order valence-corrected chi connectivity index (χ1v) is 9.32. The summed E-state index contributed by atoms with van der Waals surface area (Å²) in [5.41, 5.74) is 7.52. The predicted molar refractivity (Wildman–Crippen MR) is 88.6 cm³/mol. The summed E-state index contributed by atoms with van der Waals surface area (Å²) in [6, 6.07) is 5.62. The van der Waals surface area contributed by atoms with Gasteiger partial charge in [0.05, 0.1) is 4.90 Å². The largest absolute Gasteiger partial charge is 0.460 e. The van der Waals surface area contributed by atoms with Crippen molar-refractivity contribution in [1.29, 1.82) is 0 Å². The Bertz CT molecular complexity index is 735. The molecule has 0 aliphatic heterocycles. The van der Waals surface area contributed by atoms with Crippen LogP contribution in [0.1, 0.15) is 18.4 Å². The van der Waals surface area contributed by atoms with Crippen LogP contribution in [0.25, 0.3) is 0 Å². The quantitative estimate of drug-likeness (QED) is 0.801. The van der Waals surface area contributed by atoms with Crippen molar-refractivity contribution in [3.63, 3.8) is 0 Å². The van der Waals surface area contributed by atoms with E-state index in [1.54, 1.807) is 12.1 Å². The van der Waals surface area contributed by atoms with E-state index in [0.717, 1.165) is 24.7 Å². The fourth-order valence-electron chi connectivity index (χ4n) is 2.28. The molecule has 1 aliphatic carbocycles. The molecule has 23 heavy (non-hydrogen) atoms. The Labute approximate surface area is 136 Å². The van der Waals surface area contributed by atoms with Crippen molar-refractivity contribution in [2.75, 3.05) is 12.9 Å². The maximum Gasteiger partial charge on any atom is 0.323 e. The smallest absolute Gasteiger partial charge is 0.323 e. The number of esters is 1. The van der Waals surface area contributed by atoms with Crippen LogP contribution in [0.4, 0.5) is 0 Å². The van der Waals surface area contributed by atoms with Gasteiger partial charge in [-0.2, -0.15) is 0 Å². The summed E-state index contributed by atoms with van der Waals surface area (Å²) in [6.45, 7) is 0.215. The third kappa shape index (κ3) is 5.33. The lowest BCUT2D eigenvalue weighted by molar-refractivity contribution is -0.144. The molecule has 0 radical (unpaired) electrons. The monoisotopic (exact) mass is 335 g/mol. The topological polar surface area (TPSA) is 86.5 Å². The van der Waals surface area contributed by atoms with Crippen LogP contribution in [0.2, 0.25) is 0 Å². The molecule has 1 aromatic rings. The van der Waals surface area contributed by atoms with E-state index in [1.807, 2.05) is 18.2 Å². The van der Waals surface area contributed by atoms with Crippen molar-refractivity contribution >= 4 is 15.8 Å². The molecule has 1 atom stereocenters. The summed E-state index contributed by atoms with van der Waals surface area (Å²) in [6.07, 6.45) is 9.36. The number of ether oxygens (including phenoxy) is 1. The van der Waals surface area contributed by atoms with E-state index in [0.29, 0.717) is 5.56 Å². The highest BCUT2D eigenvalue weighted by Gasteiger charge is 2.17. The fraction of sp³-hybridized carbons (Fsp3) is 0.353. The molecule has 0 amide bonds. The minimum atomic E-state index is -3.28. The molecule has 2 rings (SSSR count). The maximum atomic E-state index is 12.0. The molecule has 0 saturated heterocycles. The SMILES string of the molecule is CS(=O)(=O)c1cccc(CC(N)C(=O)OCC2=CCCC=C2)c1. The zero-order valence-electron chi connectivity index (χ0n) is 13.1. The highest BCUT2D eigenvalue weighted by Crippen LogP contribution is 2.14. The average Bonchev–Trinajstić information content (AvgIpc) is 2.53. The number of nitrogens with two attached hydrogens (primary N) is 1. The lowest BCUT2D eigenvalue weighted by Gasteiger charge is -2.13. The van der Waals surface area contributed by atoms with Gasteiger partial charge in [-0.05, 0) is 42.5 Å². The zero-order valence-corrected chi connectivity index (χ0v) is 13.9. The van der Waals surface area contributed by atoms with Crippen LogP contribution < -0.4 is 5.73 Å². The molecular weight excluding hydrogens is 314 g/mol. The first-order chi connectivity index (χ1) is 10.9. The van der Waals surface area contributed by atoms with Gasteiger partial charge >= 0.3 is 5.97 Å². The minimum Gasteiger partial charge on any atom is -0.460 e. The number of benzene rings is 1. The average molecular weight is 335 g/mol. The van der Waals surface area contributed by atoms with Crippen molar-refractivity contribution in [1.82, 2.24) is 0 Å². The molecule has 0 heterocycles. The second-order valence-corrected chi connectivity index (χ2v) is 7.61. The third-order valence-electron chi connectivity index (χ3n) is 3.54. The zero-order chi connectivity index (χ0) is 16.9. The minimum absolute atomic E-state index is 0.215. The van der Waals surface area contributed by atoms with Gasteiger partial charge in [-0.1, -0.05) is 30.4 Å². The molecule has 0 spiro atoms. The van der Waals surface area contributed by atoms with Crippen LogP contribution in [0.5, 0.6) is 0 Å². The number of allylic oxidation sites excluding steroid dienone is 2. The van der Waals surface area contributed by atoms with Gasteiger partial charge in [-0.3, -0.25) is 4.79 Å². The molecule has 0 bridgehead atoms. The molecule has 1 aromatic carbocycles. The Balaban J connectivity index is 1.93. The predicted octanol–water partition coefficient (Wildman–Crippen LogP) is 1.78. The molecule has 5 nitrogen and oxygen atoms in total. The van der Waals surface area contributed by atoms with Crippen molar-refractivity contribution in [2.45, 2.75) is 30.2 Å². The highest BCUT2D eigenvalue weighted by molar-refractivity contribution is 7.90. The van der Waals surface area contributed by atoms with Crippen LogP contribution in [-0.2, 0) is 25.8 Å². The number of sulfone groups is 1. The van der Waals surface area contributed by atoms with E-state index in [-0.39, 0.29) is 17.9 Å². The standard InChI is InChI=1S/C17H21NO4S/c1-23(20,21)15-9-5-8-14(10-15)11-16(18)17(19)22-12-13-6-3-2-4-7-13/h3,5-10,16H,2,4,11-12,18H2,1H3. The summed E-state index contributed by atoms with van der Waals surface area (Å²) in [7, 11) is -3.28. The van der Waals surface area contributed by atoms with Gasteiger partial charge in [0.2, 0.25) is 0 Å². The summed E-state index contributed by atoms with van der Waals surface area (Å²) >= 11 is 0. The van der Waals surface area contributed by atoms with Gasteiger partial charge in [0, 0.05) is 6.26 Å². The van der Waals surface area contributed by atoms with Gasteiger partial charge < -0.3 is 10.5 Å². The number of carbonyl (C=O) groups excluding carboxylic acids is 1. The van der Waals surface area contributed by atoms with Gasteiger partial charge in [0.15, 0.2) is 9.84 Å². The molecule has 0 fully saturated rings. The lowest BCUT2D eigenvalue weighted by Crippen LogP contribution is -2.34. The fourth-order valence-corrected chi connectivity index (χ4v) is 2.97. The Hall–Kier alpha value is -1.92. The van der Waals surface area contributed by atoms with Crippen LogP contribution in [-0.4, -0.2) is 33.3 Å². The Morgan fingerprint density at radius 1 is 1.35 bits per heavy atom. The normalized spacial score (nSPS) is 15.8. The van der Waals surface area contributed by atoms with E-state index in [9.17, 15) is 13.2 Å². The molecule has 2 N–H and O–H groups in total. The summed E-state index contributed by atoms with van der Waals surface area (Å²) in [4.78, 5) is 12.2. The summed E-state index contributed by atoms with van der Waals surface area (Å²) < 4.78 is 28.3. The number of hydrogen-bond donors (Lipinski definition) is 1. The first-order valence-electron chi connectivity index (χ1n) is 7.43. The molecule has 124 valence electrons. The van der Waals surface area contributed by atoms with Crippen molar-refractivity contribution in [2.24, 2.45) is 5.73 Å². The molecule has 1 aliphatic rings. The van der Waals surface area contributed by atoms with Gasteiger partial charge in [-0.15, -0.1) is 0 Å². The maximum absolute atomic E-state index is 12.0.